The molecule has 0 spiro atoms. The summed E-state index contributed by atoms with van der Waals surface area (Å²) in [5.74, 6) is 0.569. The molecular formula is C8H5IN2OS. The summed E-state index contributed by atoms with van der Waals surface area (Å²) in [7, 11) is 1.41. The lowest BCUT2D eigenvalue weighted by Crippen LogP contribution is -1.75. The SMILES string of the molecule is ISc1nnc(-c2ccccc2)o1. The third kappa shape index (κ3) is 2.02. The average molecular weight is 304 g/mol. The van der Waals surface area contributed by atoms with Gasteiger partial charge in [-0.1, -0.05) is 18.2 Å². The van der Waals surface area contributed by atoms with E-state index in [0.29, 0.717) is 11.1 Å². The van der Waals surface area contributed by atoms with Gasteiger partial charge in [0, 0.05) is 35.7 Å². The van der Waals surface area contributed by atoms with Crippen LogP contribution in [0.3, 0.4) is 0 Å². The Morgan fingerprint density at radius 3 is 2.54 bits per heavy atom. The first kappa shape index (κ1) is 9.01. The molecule has 0 aliphatic carbocycles. The zero-order valence-corrected chi connectivity index (χ0v) is 9.45. The number of nitrogens with zero attached hydrogens (tertiary/aromatic N) is 2. The third-order valence-corrected chi connectivity index (χ3v) is 2.92. The summed E-state index contributed by atoms with van der Waals surface area (Å²) in [4.78, 5) is 0. The highest BCUT2D eigenvalue weighted by Crippen LogP contribution is 2.26. The van der Waals surface area contributed by atoms with Crippen molar-refractivity contribution in [3.8, 4) is 11.5 Å². The van der Waals surface area contributed by atoms with E-state index in [2.05, 4.69) is 31.4 Å². The smallest absolute Gasteiger partial charge is 0.287 e. The van der Waals surface area contributed by atoms with Gasteiger partial charge in [0.25, 0.3) is 5.22 Å². The summed E-state index contributed by atoms with van der Waals surface area (Å²) in [6.45, 7) is 0. The summed E-state index contributed by atoms with van der Waals surface area (Å²) >= 11 is 2.11. The van der Waals surface area contributed by atoms with Crippen molar-refractivity contribution in [1.82, 2.24) is 10.2 Å². The van der Waals surface area contributed by atoms with Gasteiger partial charge in [0.15, 0.2) is 0 Å². The van der Waals surface area contributed by atoms with Crippen molar-refractivity contribution in [1.29, 1.82) is 0 Å². The number of hydrogen-bond donors (Lipinski definition) is 0. The fourth-order valence-corrected chi connectivity index (χ4v) is 1.65. The van der Waals surface area contributed by atoms with Gasteiger partial charge < -0.3 is 4.42 Å². The van der Waals surface area contributed by atoms with Gasteiger partial charge in [-0.05, 0) is 12.1 Å². The molecule has 0 bridgehead atoms. The minimum absolute atomic E-state index is 0.569. The van der Waals surface area contributed by atoms with E-state index in [0.717, 1.165) is 5.56 Å². The molecule has 1 aromatic carbocycles. The molecule has 0 radical (unpaired) electrons. The molecule has 0 fully saturated rings. The topological polar surface area (TPSA) is 38.9 Å². The molecule has 5 heteroatoms. The lowest BCUT2D eigenvalue weighted by molar-refractivity contribution is 0.468. The van der Waals surface area contributed by atoms with Gasteiger partial charge in [-0.3, -0.25) is 0 Å². The van der Waals surface area contributed by atoms with Crippen LogP contribution in [0.2, 0.25) is 0 Å². The van der Waals surface area contributed by atoms with Gasteiger partial charge in [0.2, 0.25) is 5.89 Å². The van der Waals surface area contributed by atoms with E-state index in [-0.39, 0.29) is 0 Å². The Morgan fingerprint density at radius 2 is 1.92 bits per heavy atom. The van der Waals surface area contributed by atoms with Crippen molar-refractivity contribution in [2.24, 2.45) is 0 Å². The summed E-state index contributed by atoms with van der Waals surface area (Å²) in [6.07, 6.45) is 0. The minimum atomic E-state index is 0.569. The van der Waals surface area contributed by atoms with E-state index in [1.54, 1.807) is 0 Å². The maximum Gasteiger partial charge on any atom is 0.287 e. The highest BCUT2D eigenvalue weighted by molar-refractivity contribution is 14.2. The second kappa shape index (κ2) is 4.10. The van der Waals surface area contributed by atoms with E-state index in [1.165, 1.54) is 8.93 Å². The van der Waals surface area contributed by atoms with Gasteiger partial charge in [-0.25, -0.2) is 0 Å². The molecule has 0 unspecified atom stereocenters. The summed E-state index contributed by atoms with van der Waals surface area (Å²) in [5, 5.41) is 8.35. The molecule has 1 aromatic heterocycles. The Kier molecular flexibility index (Phi) is 2.84. The molecule has 3 nitrogen and oxygen atoms in total. The predicted molar refractivity (Wildman–Crippen MR) is 59.6 cm³/mol. The van der Waals surface area contributed by atoms with Crippen LogP contribution in [0.4, 0.5) is 0 Å². The zero-order valence-electron chi connectivity index (χ0n) is 6.48. The van der Waals surface area contributed by atoms with Crippen LogP contribution in [-0.2, 0) is 0 Å². The Hall–Kier alpha value is -0.560. The quantitative estimate of drug-likeness (QED) is 0.799. The van der Waals surface area contributed by atoms with Crippen LogP contribution in [0, 0.1) is 0 Å². The van der Waals surface area contributed by atoms with Gasteiger partial charge in [0.1, 0.15) is 0 Å². The van der Waals surface area contributed by atoms with Gasteiger partial charge >= 0.3 is 0 Å². The molecule has 13 heavy (non-hydrogen) atoms. The van der Waals surface area contributed by atoms with Crippen LogP contribution in [-0.4, -0.2) is 10.2 Å². The van der Waals surface area contributed by atoms with Crippen molar-refractivity contribution in [2.45, 2.75) is 5.22 Å². The van der Waals surface area contributed by atoms with Crippen LogP contribution in [0.15, 0.2) is 40.0 Å². The standard InChI is InChI=1S/C8H5IN2OS/c9-13-8-11-10-7(12-8)6-4-2-1-3-5-6/h1-5H. The Bertz CT molecular complexity index is 390. The van der Waals surface area contributed by atoms with Crippen LogP contribution >= 0.6 is 30.1 Å². The predicted octanol–water partition coefficient (Wildman–Crippen LogP) is 3.18. The van der Waals surface area contributed by atoms with E-state index in [9.17, 15) is 0 Å². The molecular weight excluding hydrogens is 299 g/mol. The molecule has 1 heterocycles. The molecule has 0 saturated carbocycles. The molecule has 66 valence electrons. The van der Waals surface area contributed by atoms with Crippen LogP contribution in [0.5, 0.6) is 0 Å². The molecule has 0 aliphatic rings. The molecule has 0 aliphatic heterocycles. The maximum absolute atomic E-state index is 5.35. The van der Waals surface area contributed by atoms with E-state index in [4.69, 9.17) is 4.42 Å². The molecule has 0 saturated heterocycles. The van der Waals surface area contributed by atoms with Gasteiger partial charge in [-0.15, -0.1) is 10.2 Å². The van der Waals surface area contributed by atoms with Crippen molar-refractivity contribution in [3.63, 3.8) is 0 Å². The lowest BCUT2D eigenvalue weighted by atomic mass is 10.2. The Labute approximate surface area is 91.5 Å². The van der Waals surface area contributed by atoms with Crippen LogP contribution in [0.25, 0.3) is 11.5 Å². The monoisotopic (exact) mass is 304 g/mol. The largest absolute Gasteiger partial charge is 0.411 e. The average Bonchev–Trinajstić information content (AvgIpc) is 2.67. The van der Waals surface area contributed by atoms with Crippen molar-refractivity contribution < 1.29 is 4.42 Å². The van der Waals surface area contributed by atoms with Gasteiger partial charge in [-0.2, -0.15) is 0 Å². The highest BCUT2D eigenvalue weighted by atomic mass is 127. The summed E-state index contributed by atoms with van der Waals surface area (Å²) in [6, 6.07) is 9.71. The Morgan fingerprint density at radius 1 is 1.15 bits per heavy atom. The molecule has 2 aromatic rings. The molecule has 0 amide bonds. The van der Waals surface area contributed by atoms with Crippen LogP contribution in [0.1, 0.15) is 0 Å². The number of hydrogen-bond acceptors (Lipinski definition) is 4. The molecule has 2 rings (SSSR count). The Balaban J connectivity index is 2.36. The lowest BCUT2D eigenvalue weighted by Gasteiger charge is -1.90. The third-order valence-electron chi connectivity index (χ3n) is 1.49. The van der Waals surface area contributed by atoms with Gasteiger partial charge in [0.05, 0.1) is 0 Å². The number of benzene rings is 1. The highest BCUT2D eigenvalue weighted by Gasteiger charge is 2.06. The summed E-state index contributed by atoms with van der Waals surface area (Å²) in [5.41, 5.74) is 0.951. The van der Waals surface area contributed by atoms with Crippen molar-refractivity contribution in [2.75, 3.05) is 0 Å². The number of halogens is 1. The molecule has 0 atom stereocenters. The maximum atomic E-state index is 5.35. The fraction of sp³-hybridized carbons (Fsp3) is 0. The second-order valence-corrected chi connectivity index (χ2v) is 4.14. The first-order valence-electron chi connectivity index (χ1n) is 3.57. The second-order valence-electron chi connectivity index (χ2n) is 2.32. The number of aromatic nitrogens is 2. The fourth-order valence-electron chi connectivity index (χ4n) is 0.938. The molecule has 0 N–H and O–H groups in total. The number of rotatable bonds is 2. The first-order chi connectivity index (χ1) is 6.40. The summed E-state index contributed by atoms with van der Waals surface area (Å²) < 4.78 is 5.35. The minimum Gasteiger partial charge on any atom is -0.411 e. The van der Waals surface area contributed by atoms with Crippen LogP contribution < -0.4 is 0 Å². The van der Waals surface area contributed by atoms with E-state index < -0.39 is 0 Å². The zero-order chi connectivity index (χ0) is 9.10. The normalized spacial score (nSPS) is 10.2. The van der Waals surface area contributed by atoms with E-state index in [1.807, 2.05) is 30.3 Å². The van der Waals surface area contributed by atoms with Crippen molar-refractivity contribution >= 4 is 30.1 Å². The van der Waals surface area contributed by atoms with E-state index >= 15 is 0 Å². The van der Waals surface area contributed by atoms with Crippen molar-refractivity contribution in [3.05, 3.63) is 30.3 Å². The first-order valence-corrected chi connectivity index (χ1v) is 6.93.